The maximum Gasteiger partial charge on any atom is 0.282 e. The van der Waals surface area contributed by atoms with Crippen molar-refractivity contribution in [2.45, 2.75) is 31.7 Å². The molecular formula is C23H23FN4O3. The van der Waals surface area contributed by atoms with E-state index in [1.165, 1.54) is 16.8 Å². The Morgan fingerprint density at radius 1 is 1.13 bits per heavy atom. The fraction of sp³-hybridized carbons (Fsp3) is 0.304. The van der Waals surface area contributed by atoms with Crippen LogP contribution < -0.4 is 20.3 Å². The van der Waals surface area contributed by atoms with E-state index >= 15 is 0 Å². The summed E-state index contributed by atoms with van der Waals surface area (Å²) in [6.45, 7) is 0. The second-order valence-corrected chi connectivity index (χ2v) is 7.79. The third-order valence-electron chi connectivity index (χ3n) is 5.89. The monoisotopic (exact) mass is 422 g/mol. The zero-order valence-corrected chi connectivity index (χ0v) is 17.4. The number of halogens is 1. The van der Waals surface area contributed by atoms with Crippen LogP contribution in [-0.2, 0) is 0 Å². The van der Waals surface area contributed by atoms with E-state index in [1.54, 1.807) is 38.5 Å². The van der Waals surface area contributed by atoms with E-state index in [0.29, 0.717) is 39.4 Å². The van der Waals surface area contributed by atoms with E-state index in [2.05, 4.69) is 10.4 Å². The summed E-state index contributed by atoms with van der Waals surface area (Å²) < 4.78 is 26.1. The highest BCUT2D eigenvalue weighted by atomic mass is 19.1. The Bertz CT molecular complexity index is 1340. The second kappa shape index (κ2) is 7.61. The molecule has 8 heteroatoms. The van der Waals surface area contributed by atoms with Gasteiger partial charge in [-0.1, -0.05) is 18.9 Å². The molecule has 5 rings (SSSR count). The van der Waals surface area contributed by atoms with Gasteiger partial charge in [0, 0.05) is 17.5 Å². The van der Waals surface area contributed by atoms with Crippen LogP contribution in [0.4, 0.5) is 10.2 Å². The second-order valence-electron chi connectivity index (χ2n) is 7.79. The molecule has 2 heterocycles. The summed E-state index contributed by atoms with van der Waals surface area (Å²) in [5.41, 5.74) is 1.41. The number of H-pyrrole nitrogens is 1. The predicted molar refractivity (Wildman–Crippen MR) is 118 cm³/mol. The average Bonchev–Trinajstić information content (AvgIpc) is 3.41. The van der Waals surface area contributed by atoms with Crippen molar-refractivity contribution in [2.24, 2.45) is 0 Å². The zero-order valence-electron chi connectivity index (χ0n) is 17.4. The van der Waals surface area contributed by atoms with Gasteiger partial charge in [-0.05, 0) is 37.1 Å². The smallest absolute Gasteiger partial charge is 0.282 e. The first-order chi connectivity index (χ1) is 15.1. The number of nitrogens with one attached hydrogen (secondary N) is 2. The quantitative estimate of drug-likeness (QED) is 0.499. The van der Waals surface area contributed by atoms with Crippen LogP contribution in [0.1, 0.15) is 25.7 Å². The number of benzene rings is 2. The molecule has 2 aromatic carbocycles. The first-order valence-electron chi connectivity index (χ1n) is 10.3. The zero-order chi connectivity index (χ0) is 21.5. The fourth-order valence-corrected chi connectivity index (χ4v) is 4.35. The maximum absolute atomic E-state index is 13.8. The predicted octanol–water partition coefficient (Wildman–Crippen LogP) is 4.38. The molecule has 0 radical (unpaired) electrons. The third-order valence-corrected chi connectivity index (χ3v) is 5.89. The van der Waals surface area contributed by atoms with E-state index in [4.69, 9.17) is 14.5 Å². The van der Waals surface area contributed by atoms with Crippen molar-refractivity contribution >= 4 is 27.6 Å². The Morgan fingerprint density at radius 3 is 2.58 bits per heavy atom. The van der Waals surface area contributed by atoms with Gasteiger partial charge in [-0.3, -0.25) is 9.89 Å². The minimum absolute atomic E-state index is 0.269. The fourth-order valence-electron chi connectivity index (χ4n) is 4.35. The molecule has 0 atom stereocenters. The highest BCUT2D eigenvalue weighted by Gasteiger charge is 2.22. The molecule has 0 saturated heterocycles. The summed E-state index contributed by atoms with van der Waals surface area (Å²) in [4.78, 5) is 18.2. The normalized spacial score (nSPS) is 14.4. The molecule has 31 heavy (non-hydrogen) atoms. The molecular weight excluding hydrogens is 399 g/mol. The minimum Gasteiger partial charge on any atom is -0.493 e. The molecule has 0 bridgehead atoms. The highest BCUT2D eigenvalue weighted by molar-refractivity contribution is 6.08. The van der Waals surface area contributed by atoms with Crippen molar-refractivity contribution in [3.63, 3.8) is 0 Å². The van der Waals surface area contributed by atoms with Gasteiger partial charge in [0.15, 0.2) is 11.5 Å². The molecule has 2 aromatic heterocycles. The molecule has 2 N–H and O–H groups in total. The van der Waals surface area contributed by atoms with Crippen LogP contribution in [0.15, 0.2) is 41.2 Å². The number of rotatable bonds is 5. The molecule has 0 amide bonds. The van der Waals surface area contributed by atoms with Crippen molar-refractivity contribution in [2.75, 3.05) is 19.5 Å². The third kappa shape index (κ3) is 3.28. The first-order valence-corrected chi connectivity index (χ1v) is 10.3. The Hall–Kier alpha value is -3.55. The van der Waals surface area contributed by atoms with Crippen LogP contribution >= 0.6 is 0 Å². The van der Waals surface area contributed by atoms with Crippen LogP contribution in [0, 0.1) is 5.82 Å². The van der Waals surface area contributed by atoms with Gasteiger partial charge < -0.3 is 14.8 Å². The van der Waals surface area contributed by atoms with Gasteiger partial charge in [0.2, 0.25) is 0 Å². The molecule has 160 valence electrons. The van der Waals surface area contributed by atoms with Gasteiger partial charge in [-0.2, -0.15) is 0 Å². The molecule has 1 saturated carbocycles. The van der Waals surface area contributed by atoms with Crippen molar-refractivity contribution in [3.05, 3.63) is 52.6 Å². The lowest BCUT2D eigenvalue weighted by molar-refractivity contribution is 0.356. The van der Waals surface area contributed by atoms with E-state index in [-0.39, 0.29) is 11.6 Å². The lowest BCUT2D eigenvalue weighted by Gasteiger charge is -2.15. The lowest BCUT2D eigenvalue weighted by Crippen LogP contribution is -2.19. The van der Waals surface area contributed by atoms with Crippen molar-refractivity contribution in [1.82, 2.24) is 14.8 Å². The Kier molecular flexibility index (Phi) is 4.77. The van der Waals surface area contributed by atoms with Crippen LogP contribution in [0.3, 0.4) is 0 Å². The number of hydrogen-bond acceptors (Lipinski definition) is 5. The summed E-state index contributed by atoms with van der Waals surface area (Å²) in [6.07, 6.45) is 4.38. The summed E-state index contributed by atoms with van der Waals surface area (Å²) in [5, 5.41) is 7.79. The number of aromatic amines is 1. The number of fused-ring (bicyclic) bond motifs is 3. The van der Waals surface area contributed by atoms with Crippen LogP contribution in [0.25, 0.3) is 27.5 Å². The molecule has 1 aliphatic rings. The first kappa shape index (κ1) is 19.4. The van der Waals surface area contributed by atoms with Gasteiger partial charge in [0.05, 0.1) is 30.9 Å². The van der Waals surface area contributed by atoms with Crippen LogP contribution in [-0.4, -0.2) is 35.0 Å². The topological polar surface area (TPSA) is 81.2 Å². The van der Waals surface area contributed by atoms with E-state index in [0.717, 1.165) is 31.1 Å². The number of ether oxygens (including phenoxy) is 2. The number of methoxy groups -OCH3 is 2. The number of hydrogen-bond donors (Lipinski definition) is 2. The molecule has 0 unspecified atom stereocenters. The molecule has 1 fully saturated rings. The van der Waals surface area contributed by atoms with Crippen molar-refractivity contribution in [1.29, 1.82) is 0 Å². The average molecular weight is 422 g/mol. The molecule has 4 aromatic rings. The van der Waals surface area contributed by atoms with Gasteiger partial charge >= 0.3 is 0 Å². The van der Waals surface area contributed by atoms with E-state index in [1.807, 2.05) is 0 Å². The number of nitrogens with zero attached hydrogens (tertiary/aromatic N) is 2. The van der Waals surface area contributed by atoms with E-state index in [9.17, 15) is 9.18 Å². The molecule has 0 aliphatic heterocycles. The standard InChI is InChI=1S/C23H23FN4O3/c1-30-18-11-16-17(12-19(18)31-2)26-22(25-14-7-3-4-8-14)20-21(16)27-28(23(20)29)15-9-5-6-13(24)10-15/h5-6,9-12,14,27H,3-4,7-8H2,1-2H3,(H,25,26). The van der Waals surface area contributed by atoms with Crippen molar-refractivity contribution < 1.29 is 13.9 Å². The number of pyridine rings is 1. The summed E-state index contributed by atoms with van der Waals surface area (Å²) >= 11 is 0. The summed E-state index contributed by atoms with van der Waals surface area (Å²) in [5.74, 6) is 1.20. The molecule has 7 nitrogen and oxygen atoms in total. The highest BCUT2D eigenvalue weighted by Crippen LogP contribution is 2.36. The molecule has 0 spiro atoms. The summed E-state index contributed by atoms with van der Waals surface area (Å²) in [7, 11) is 3.13. The number of anilines is 1. The molecule has 1 aliphatic carbocycles. The SMILES string of the molecule is COc1cc2nc(NC3CCCC3)c3c(=O)n(-c4cccc(F)c4)[nH]c3c2cc1OC. The maximum atomic E-state index is 13.8. The van der Waals surface area contributed by atoms with Gasteiger partial charge in [0.1, 0.15) is 17.0 Å². The van der Waals surface area contributed by atoms with Gasteiger partial charge in [-0.15, -0.1) is 0 Å². The lowest BCUT2D eigenvalue weighted by atomic mass is 10.1. The minimum atomic E-state index is -0.415. The van der Waals surface area contributed by atoms with Gasteiger partial charge in [0.25, 0.3) is 5.56 Å². The van der Waals surface area contributed by atoms with Crippen LogP contribution in [0.2, 0.25) is 0 Å². The van der Waals surface area contributed by atoms with Crippen molar-refractivity contribution in [3.8, 4) is 17.2 Å². The number of aromatic nitrogens is 3. The Morgan fingerprint density at radius 2 is 1.87 bits per heavy atom. The Labute approximate surface area is 177 Å². The summed E-state index contributed by atoms with van der Waals surface area (Å²) in [6, 6.07) is 9.79. The largest absolute Gasteiger partial charge is 0.493 e. The van der Waals surface area contributed by atoms with Gasteiger partial charge in [-0.25, -0.2) is 14.1 Å². The van der Waals surface area contributed by atoms with E-state index < -0.39 is 5.82 Å². The van der Waals surface area contributed by atoms with Crippen LogP contribution in [0.5, 0.6) is 11.5 Å². The Balaban J connectivity index is 1.81.